The van der Waals surface area contributed by atoms with E-state index in [1.807, 2.05) is 0 Å². The SMILES string of the molecule is C=C(C)C(=O)NC1=CC(C(=O)Oc2ccccc2)C(O)(C(C)=O)C=C1. The van der Waals surface area contributed by atoms with E-state index in [1.54, 1.807) is 30.3 Å². The molecule has 2 N–H and O–H groups in total. The number of benzene rings is 1. The average molecular weight is 341 g/mol. The van der Waals surface area contributed by atoms with Gasteiger partial charge in [-0.3, -0.25) is 14.4 Å². The quantitative estimate of drug-likeness (QED) is 0.483. The summed E-state index contributed by atoms with van der Waals surface area (Å²) >= 11 is 0. The fraction of sp³-hybridized carbons (Fsp3) is 0.211. The minimum absolute atomic E-state index is 0.272. The number of ether oxygens (including phenoxy) is 1. The Hall–Kier alpha value is -2.99. The Morgan fingerprint density at radius 2 is 1.84 bits per heavy atom. The van der Waals surface area contributed by atoms with Crippen molar-refractivity contribution in [3.05, 3.63) is 66.4 Å². The van der Waals surface area contributed by atoms with Crippen LogP contribution in [0.1, 0.15) is 13.8 Å². The molecule has 0 bridgehead atoms. The molecule has 6 nitrogen and oxygen atoms in total. The number of carbonyl (C=O) groups is 3. The number of para-hydroxylation sites is 1. The van der Waals surface area contributed by atoms with Gasteiger partial charge < -0.3 is 15.2 Å². The van der Waals surface area contributed by atoms with Crippen LogP contribution in [0.5, 0.6) is 5.75 Å². The summed E-state index contributed by atoms with van der Waals surface area (Å²) in [5, 5.41) is 13.2. The number of rotatable bonds is 5. The van der Waals surface area contributed by atoms with Crippen molar-refractivity contribution in [1.82, 2.24) is 5.32 Å². The van der Waals surface area contributed by atoms with Gasteiger partial charge in [-0.2, -0.15) is 0 Å². The number of aliphatic hydroxyl groups is 1. The lowest BCUT2D eigenvalue weighted by atomic mass is 9.80. The van der Waals surface area contributed by atoms with E-state index in [1.165, 1.54) is 32.1 Å². The molecule has 2 atom stereocenters. The molecule has 0 spiro atoms. The number of ketones is 1. The predicted molar refractivity (Wildman–Crippen MR) is 91.4 cm³/mol. The third-order valence-corrected chi connectivity index (χ3v) is 3.76. The Morgan fingerprint density at radius 3 is 2.40 bits per heavy atom. The summed E-state index contributed by atoms with van der Waals surface area (Å²) in [4.78, 5) is 36.1. The number of allylic oxidation sites excluding steroid dienone is 1. The monoisotopic (exact) mass is 341 g/mol. The van der Waals surface area contributed by atoms with Crippen molar-refractivity contribution in [2.24, 2.45) is 5.92 Å². The maximum atomic E-state index is 12.5. The second-order valence-electron chi connectivity index (χ2n) is 5.78. The van der Waals surface area contributed by atoms with Gasteiger partial charge in [0.05, 0.1) is 0 Å². The van der Waals surface area contributed by atoms with Crippen molar-refractivity contribution in [1.29, 1.82) is 0 Å². The Morgan fingerprint density at radius 1 is 1.20 bits per heavy atom. The fourth-order valence-electron chi connectivity index (χ4n) is 2.26. The topological polar surface area (TPSA) is 92.7 Å². The van der Waals surface area contributed by atoms with E-state index < -0.39 is 29.2 Å². The molecule has 0 heterocycles. The lowest BCUT2D eigenvalue weighted by Gasteiger charge is -2.31. The second kappa shape index (κ2) is 7.27. The molecule has 2 unspecified atom stereocenters. The predicted octanol–water partition coefficient (Wildman–Crippen LogP) is 1.67. The zero-order valence-corrected chi connectivity index (χ0v) is 14.0. The summed E-state index contributed by atoms with van der Waals surface area (Å²) in [5.41, 5.74) is -1.48. The zero-order valence-electron chi connectivity index (χ0n) is 14.0. The fourth-order valence-corrected chi connectivity index (χ4v) is 2.26. The first-order valence-corrected chi connectivity index (χ1v) is 7.62. The molecule has 1 aliphatic carbocycles. The van der Waals surface area contributed by atoms with Gasteiger partial charge in [0.15, 0.2) is 11.4 Å². The molecular weight excluding hydrogens is 322 g/mol. The van der Waals surface area contributed by atoms with E-state index in [-0.39, 0.29) is 17.0 Å². The summed E-state index contributed by atoms with van der Waals surface area (Å²) in [5.74, 6) is -2.86. The lowest BCUT2D eigenvalue weighted by molar-refractivity contribution is -0.150. The molecule has 1 amide bonds. The second-order valence-corrected chi connectivity index (χ2v) is 5.78. The van der Waals surface area contributed by atoms with Crippen LogP contribution in [0.2, 0.25) is 0 Å². The highest BCUT2D eigenvalue weighted by atomic mass is 16.5. The van der Waals surface area contributed by atoms with Crippen molar-refractivity contribution in [3.8, 4) is 5.75 Å². The molecule has 1 aromatic rings. The van der Waals surface area contributed by atoms with Gasteiger partial charge in [-0.15, -0.1) is 0 Å². The maximum Gasteiger partial charge on any atom is 0.322 e. The first kappa shape index (κ1) is 18.4. The molecule has 0 saturated carbocycles. The molecule has 2 rings (SSSR count). The van der Waals surface area contributed by atoms with Gasteiger partial charge >= 0.3 is 5.97 Å². The van der Waals surface area contributed by atoms with Crippen molar-refractivity contribution < 1.29 is 24.2 Å². The molecule has 0 saturated heterocycles. The van der Waals surface area contributed by atoms with Gasteiger partial charge in [-0.1, -0.05) is 24.8 Å². The van der Waals surface area contributed by atoms with Crippen molar-refractivity contribution in [3.63, 3.8) is 0 Å². The summed E-state index contributed by atoms with van der Waals surface area (Å²) in [6.45, 7) is 6.25. The highest BCUT2D eigenvalue weighted by Crippen LogP contribution is 2.29. The van der Waals surface area contributed by atoms with Crippen LogP contribution in [0.4, 0.5) is 0 Å². The van der Waals surface area contributed by atoms with Crippen LogP contribution in [0.25, 0.3) is 0 Å². The third kappa shape index (κ3) is 4.10. The Labute approximate surface area is 145 Å². The smallest absolute Gasteiger partial charge is 0.322 e. The third-order valence-electron chi connectivity index (χ3n) is 3.76. The number of carbonyl (C=O) groups excluding carboxylic acids is 3. The normalized spacial score (nSPS) is 21.9. The number of nitrogens with one attached hydrogen (secondary N) is 1. The van der Waals surface area contributed by atoms with Crippen LogP contribution < -0.4 is 10.1 Å². The number of Topliss-reactive ketones (excluding diaryl/α,β-unsaturated/α-hetero) is 1. The number of hydrogen-bond acceptors (Lipinski definition) is 5. The molecule has 0 aliphatic heterocycles. The van der Waals surface area contributed by atoms with Gasteiger partial charge in [0.25, 0.3) is 5.91 Å². The molecule has 0 radical (unpaired) electrons. The van der Waals surface area contributed by atoms with Gasteiger partial charge in [-0.25, -0.2) is 0 Å². The van der Waals surface area contributed by atoms with Crippen LogP contribution in [-0.4, -0.2) is 28.4 Å². The maximum absolute atomic E-state index is 12.5. The summed E-state index contributed by atoms with van der Waals surface area (Å²) in [6, 6.07) is 8.30. The molecule has 1 aliphatic rings. The molecule has 0 fully saturated rings. The van der Waals surface area contributed by atoms with E-state index in [0.717, 1.165) is 0 Å². The van der Waals surface area contributed by atoms with Crippen molar-refractivity contribution in [2.45, 2.75) is 19.4 Å². The largest absolute Gasteiger partial charge is 0.426 e. The molecule has 0 aromatic heterocycles. The van der Waals surface area contributed by atoms with E-state index in [2.05, 4.69) is 11.9 Å². The highest BCUT2D eigenvalue weighted by Gasteiger charge is 2.45. The average Bonchev–Trinajstić information content (AvgIpc) is 2.57. The minimum Gasteiger partial charge on any atom is -0.426 e. The lowest BCUT2D eigenvalue weighted by Crippen LogP contribution is -2.49. The van der Waals surface area contributed by atoms with Crippen LogP contribution in [0, 0.1) is 5.92 Å². The zero-order chi connectivity index (χ0) is 18.6. The van der Waals surface area contributed by atoms with Crippen molar-refractivity contribution in [2.75, 3.05) is 0 Å². The minimum atomic E-state index is -2.04. The van der Waals surface area contributed by atoms with Gasteiger partial charge in [-0.05, 0) is 44.2 Å². The van der Waals surface area contributed by atoms with E-state index in [4.69, 9.17) is 4.74 Å². The molecule has 6 heteroatoms. The van der Waals surface area contributed by atoms with Crippen molar-refractivity contribution >= 4 is 17.7 Å². The van der Waals surface area contributed by atoms with Gasteiger partial charge in [0.1, 0.15) is 11.7 Å². The summed E-state index contributed by atoms with van der Waals surface area (Å²) < 4.78 is 5.24. The van der Waals surface area contributed by atoms with E-state index in [0.29, 0.717) is 0 Å². The Bertz CT molecular complexity index is 778. The van der Waals surface area contributed by atoms with Gasteiger partial charge in [0.2, 0.25) is 0 Å². The van der Waals surface area contributed by atoms with Crippen LogP contribution in [0.3, 0.4) is 0 Å². The first-order chi connectivity index (χ1) is 11.7. The highest BCUT2D eigenvalue weighted by molar-refractivity contribution is 5.96. The number of amides is 1. The van der Waals surface area contributed by atoms with E-state index in [9.17, 15) is 19.5 Å². The van der Waals surface area contributed by atoms with Crippen LogP contribution >= 0.6 is 0 Å². The number of esters is 1. The number of hydrogen-bond donors (Lipinski definition) is 2. The molecular formula is C19H19NO5. The Kier molecular flexibility index (Phi) is 5.34. The first-order valence-electron chi connectivity index (χ1n) is 7.62. The summed E-state index contributed by atoms with van der Waals surface area (Å²) in [6.07, 6.45) is 3.85. The Balaban J connectivity index is 2.30. The molecule has 25 heavy (non-hydrogen) atoms. The van der Waals surface area contributed by atoms with Crippen LogP contribution in [0.15, 0.2) is 66.4 Å². The van der Waals surface area contributed by atoms with Crippen LogP contribution in [-0.2, 0) is 14.4 Å². The van der Waals surface area contributed by atoms with E-state index >= 15 is 0 Å². The molecule has 1 aromatic carbocycles. The standard InChI is InChI=1S/C19H19NO5/c1-12(2)17(22)20-14-9-10-19(24,13(3)21)16(11-14)18(23)25-15-7-5-4-6-8-15/h4-11,16,24H,1H2,2-3H3,(H,20,22). The van der Waals surface area contributed by atoms with Gasteiger partial charge in [0, 0.05) is 11.3 Å². The summed E-state index contributed by atoms with van der Waals surface area (Å²) in [7, 11) is 0. The molecule has 130 valence electrons.